The van der Waals surface area contributed by atoms with Crippen molar-refractivity contribution in [2.75, 3.05) is 5.32 Å². The van der Waals surface area contributed by atoms with E-state index in [4.69, 9.17) is 0 Å². The zero-order valence-corrected chi connectivity index (χ0v) is 14.5. The molecule has 0 saturated heterocycles. The summed E-state index contributed by atoms with van der Waals surface area (Å²) >= 11 is 0. The molecule has 7 heteroatoms. The van der Waals surface area contributed by atoms with Crippen LogP contribution in [-0.4, -0.2) is 14.5 Å². The monoisotopic (exact) mass is 351 g/mol. The van der Waals surface area contributed by atoms with Gasteiger partial charge in [0.25, 0.3) is 5.56 Å². The molecule has 0 saturated carbocycles. The normalized spacial score (nSPS) is 10.9. The third kappa shape index (κ3) is 3.14. The molecule has 3 aromatic rings. The van der Waals surface area contributed by atoms with E-state index in [1.54, 1.807) is 22.8 Å². The summed E-state index contributed by atoms with van der Waals surface area (Å²) in [6.45, 7) is 3.95. The highest BCUT2D eigenvalue weighted by molar-refractivity contribution is 5.77. The molecule has 2 aromatic heterocycles. The van der Waals surface area contributed by atoms with Crippen molar-refractivity contribution in [3.8, 4) is 6.07 Å². The molecule has 1 aromatic carbocycles. The SMILES string of the molecule is CCC(CC)n1c(=O)c(C#N)cc2cnc(Nc3ccccc3F)nc21. The summed E-state index contributed by atoms with van der Waals surface area (Å²) in [5.41, 5.74) is 0.362. The zero-order chi connectivity index (χ0) is 18.7. The van der Waals surface area contributed by atoms with Crippen LogP contribution in [0.1, 0.15) is 38.3 Å². The molecule has 2 heterocycles. The minimum Gasteiger partial charge on any atom is -0.322 e. The van der Waals surface area contributed by atoms with Gasteiger partial charge in [0, 0.05) is 17.6 Å². The lowest BCUT2D eigenvalue weighted by Gasteiger charge is -2.19. The van der Waals surface area contributed by atoms with Crippen molar-refractivity contribution in [2.24, 2.45) is 0 Å². The van der Waals surface area contributed by atoms with Crippen LogP contribution in [0.3, 0.4) is 0 Å². The van der Waals surface area contributed by atoms with Crippen molar-refractivity contribution in [2.45, 2.75) is 32.7 Å². The molecule has 0 bridgehead atoms. The summed E-state index contributed by atoms with van der Waals surface area (Å²) in [5, 5.41) is 12.7. The van der Waals surface area contributed by atoms with E-state index >= 15 is 0 Å². The third-order valence-electron chi connectivity index (χ3n) is 4.32. The number of para-hydroxylation sites is 1. The Morgan fingerprint density at radius 2 is 2.04 bits per heavy atom. The first-order valence-electron chi connectivity index (χ1n) is 8.43. The van der Waals surface area contributed by atoms with E-state index in [1.807, 2.05) is 19.9 Å². The van der Waals surface area contributed by atoms with Gasteiger partial charge in [0.2, 0.25) is 5.95 Å². The summed E-state index contributed by atoms with van der Waals surface area (Å²) < 4.78 is 15.4. The van der Waals surface area contributed by atoms with Crippen molar-refractivity contribution in [1.82, 2.24) is 14.5 Å². The average Bonchev–Trinajstić information content (AvgIpc) is 2.66. The Bertz CT molecular complexity index is 1050. The quantitative estimate of drug-likeness (QED) is 0.753. The van der Waals surface area contributed by atoms with Gasteiger partial charge < -0.3 is 5.32 Å². The molecule has 0 spiro atoms. The molecule has 3 rings (SSSR count). The lowest BCUT2D eigenvalue weighted by Crippen LogP contribution is -2.27. The average molecular weight is 351 g/mol. The Labute approximate surface area is 149 Å². The van der Waals surface area contributed by atoms with Crippen LogP contribution in [0.4, 0.5) is 16.0 Å². The summed E-state index contributed by atoms with van der Waals surface area (Å²) in [6.07, 6.45) is 2.98. The topological polar surface area (TPSA) is 83.6 Å². The second-order valence-electron chi connectivity index (χ2n) is 5.89. The molecule has 132 valence electrons. The van der Waals surface area contributed by atoms with Crippen molar-refractivity contribution < 1.29 is 4.39 Å². The summed E-state index contributed by atoms with van der Waals surface area (Å²) in [4.78, 5) is 21.3. The molecular weight excluding hydrogens is 333 g/mol. The number of nitrogens with one attached hydrogen (secondary N) is 1. The van der Waals surface area contributed by atoms with Gasteiger partial charge in [0.1, 0.15) is 23.1 Å². The van der Waals surface area contributed by atoms with Gasteiger partial charge in [0.05, 0.1) is 5.69 Å². The number of hydrogen-bond acceptors (Lipinski definition) is 5. The van der Waals surface area contributed by atoms with Crippen LogP contribution in [-0.2, 0) is 0 Å². The van der Waals surface area contributed by atoms with Gasteiger partial charge in [-0.05, 0) is 31.0 Å². The van der Waals surface area contributed by atoms with Gasteiger partial charge >= 0.3 is 0 Å². The molecule has 0 aliphatic heterocycles. The van der Waals surface area contributed by atoms with Crippen LogP contribution < -0.4 is 10.9 Å². The van der Waals surface area contributed by atoms with Crippen LogP contribution in [0.15, 0.2) is 41.3 Å². The minimum atomic E-state index is -0.423. The third-order valence-corrected chi connectivity index (χ3v) is 4.32. The van der Waals surface area contributed by atoms with Crippen molar-refractivity contribution in [3.63, 3.8) is 0 Å². The van der Waals surface area contributed by atoms with Crippen molar-refractivity contribution in [3.05, 3.63) is 58.3 Å². The maximum absolute atomic E-state index is 13.9. The van der Waals surface area contributed by atoms with E-state index < -0.39 is 5.82 Å². The van der Waals surface area contributed by atoms with Gasteiger partial charge in [-0.15, -0.1) is 0 Å². The number of pyridine rings is 1. The van der Waals surface area contributed by atoms with Crippen molar-refractivity contribution >= 4 is 22.7 Å². The Hall–Kier alpha value is -3.27. The number of hydrogen-bond donors (Lipinski definition) is 1. The number of halogens is 1. The molecule has 0 fully saturated rings. The number of benzene rings is 1. The maximum atomic E-state index is 13.9. The molecule has 6 nitrogen and oxygen atoms in total. The molecule has 0 amide bonds. The first-order valence-corrected chi connectivity index (χ1v) is 8.43. The van der Waals surface area contributed by atoms with Gasteiger partial charge in [-0.1, -0.05) is 26.0 Å². The number of nitrogens with zero attached hydrogens (tertiary/aromatic N) is 4. The molecule has 0 aliphatic rings. The Kier molecular flexibility index (Phi) is 4.94. The standard InChI is InChI=1S/C19H18FN5O/c1-3-14(4-2)25-17-13(9-12(10-21)18(25)26)11-22-19(24-17)23-16-8-6-5-7-15(16)20/h5-9,11,14H,3-4H2,1-2H3,(H,22,23,24). The van der Waals surface area contributed by atoms with E-state index in [0.29, 0.717) is 11.0 Å². The summed E-state index contributed by atoms with van der Waals surface area (Å²) in [5.74, 6) is -0.236. The highest BCUT2D eigenvalue weighted by Crippen LogP contribution is 2.22. The van der Waals surface area contributed by atoms with Crippen LogP contribution >= 0.6 is 0 Å². The largest absolute Gasteiger partial charge is 0.322 e. The molecule has 1 N–H and O–H groups in total. The zero-order valence-electron chi connectivity index (χ0n) is 14.5. The number of nitriles is 1. The molecule has 0 aliphatic carbocycles. The maximum Gasteiger partial charge on any atom is 0.270 e. The fourth-order valence-electron chi connectivity index (χ4n) is 2.94. The first kappa shape index (κ1) is 17.5. The minimum absolute atomic E-state index is 0.0582. The van der Waals surface area contributed by atoms with Gasteiger partial charge in [-0.3, -0.25) is 9.36 Å². The number of rotatable bonds is 5. The van der Waals surface area contributed by atoms with E-state index in [1.165, 1.54) is 18.3 Å². The van der Waals surface area contributed by atoms with Gasteiger partial charge in [-0.2, -0.15) is 10.2 Å². The van der Waals surface area contributed by atoms with Gasteiger partial charge in [0.15, 0.2) is 0 Å². The van der Waals surface area contributed by atoms with Crippen LogP contribution in [0.2, 0.25) is 0 Å². The second kappa shape index (κ2) is 7.31. The molecule has 0 unspecified atom stereocenters. The Morgan fingerprint density at radius 3 is 2.69 bits per heavy atom. The highest BCUT2D eigenvalue weighted by Gasteiger charge is 2.17. The first-order chi connectivity index (χ1) is 12.6. The highest BCUT2D eigenvalue weighted by atomic mass is 19.1. The Morgan fingerprint density at radius 1 is 1.31 bits per heavy atom. The number of fused-ring (bicyclic) bond motifs is 1. The predicted octanol–water partition coefficient (Wildman–Crippen LogP) is 3.91. The molecule has 0 atom stereocenters. The molecule has 0 radical (unpaired) electrons. The molecular formula is C19H18FN5O. The van der Waals surface area contributed by atoms with Gasteiger partial charge in [-0.25, -0.2) is 9.37 Å². The lowest BCUT2D eigenvalue weighted by atomic mass is 10.1. The van der Waals surface area contributed by atoms with E-state index in [9.17, 15) is 14.4 Å². The van der Waals surface area contributed by atoms with Crippen LogP contribution in [0, 0.1) is 17.1 Å². The van der Waals surface area contributed by atoms with E-state index in [2.05, 4.69) is 15.3 Å². The number of aromatic nitrogens is 3. The predicted molar refractivity (Wildman–Crippen MR) is 97.8 cm³/mol. The second-order valence-corrected chi connectivity index (χ2v) is 5.89. The van der Waals surface area contributed by atoms with Crippen molar-refractivity contribution in [1.29, 1.82) is 5.26 Å². The van der Waals surface area contributed by atoms with E-state index in [0.717, 1.165) is 12.8 Å². The lowest BCUT2D eigenvalue weighted by molar-refractivity contribution is 0.469. The van der Waals surface area contributed by atoms with Crippen LogP contribution in [0.25, 0.3) is 11.0 Å². The fraction of sp³-hybridized carbons (Fsp3) is 0.263. The Balaban J connectivity index is 2.19. The molecule has 26 heavy (non-hydrogen) atoms. The fourth-order valence-corrected chi connectivity index (χ4v) is 2.94. The van der Waals surface area contributed by atoms with Crippen LogP contribution in [0.5, 0.6) is 0 Å². The summed E-state index contributed by atoms with van der Waals surface area (Å²) in [7, 11) is 0. The summed E-state index contributed by atoms with van der Waals surface area (Å²) in [6, 6.07) is 9.55. The number of anilines is 2. The smallest absolute Gasteiger partial charge is 0.270 e. The van der Waals surface area contributed by atoms with E-state index in [-0.39, 0.29) is 28.8 Å².